The Bertz CT molecular complexity index is 404. The van der Waals surface area contributed by atoms with Gasteiger partial charge in [-0.15, -0.1) is 0 Å². The number of rotatable bonds is 1. The van der Waals surface area contributed by atoms with Gasteiger partial charge in [0.15, 0.2) is 0 Å². The molecule has 0 aliphatic rings. The molecule has 0 spiro atoms. The maximum Gasteiger partial charge on any atom is 0.0886 e. The fourth-order valence-electron chi connectivity index (χ4n) is 1.26. The van der Waals surface area contributed by atoms with Crippen LogP contribution < -0.4 is 5.73 Å². The Morgan fingerprint density at radius 2 is 2.25 bits per heavy atom. The first-order valence-electron chi connectivity index (χ1n) is 3.88. The van der Waals surface area contributed by atoms with Crippen LogP contribution in [0.4, 0.5) is 5.69 Å². The summed E-state index contributed by atoms with van der Waals surface area (Å²) in [5, 5.41) is 5.15. The van der Waals surface area contributed by atoms with E-state index in [4.69, 9.17) is 5.73 Å². The van der Waals surface area contributed by atoms with Gasteiger partial charge < -0.3 is 5.73 Å². The van der Waals surface area contributed by atoms with Gasteiger partial charge in [0, 0.05) is 11.9 Å². The van der Waals surface area contributed by atoms with E-state index in [0.29, 0.717) is 5.69 Å². The van der Waals surface area contributed by atoms with Gasteiger partial charge in [0.25, 0.3) is 0 Å². The van der Waals surface area contributed by atoms with Crippen molar-refractivity contribution in [1.82, 2.24) is 14.8 Å². The molecular weight excluding hydrogens is 152 g/mol. The Morgan fingerprint density at radius 3 is 3.00 bits per heavy atom. The van der Waals surface area contributed by atoms with Crippen molar-refractivity contribution in [3.8, 4) is 0 Å². The van der Waals surface area contributed by atoms with Crippen LogP contribution in [-0.2, 0) is 6.54 Å². The van der Waals surface area contributed by atoms with Crippen LogP contribution in [0.1, 0.15) is 6.92 Å². The van der Waals surface area contributed by atoms with Crippen LogP contribution in [0.5, 0.6) is 0 Å². The second kappa shape index (κ2) is 2.48. The van der Waals surface area contributed by atoms with Crippen LogP contribution in [0.3, 0.4) is 0 Å². The SMILES string of the molecule is CCn1ncc2c(N)cncc21. The molecule has 2 aromatic heterocycles. The molecular formula is C8H10N4. The summed E-state index contributed by atoms with van der Waals surface area (Å²) in [5.41, 5.74) is 7.39. The second-order valence-corrected chi connectivity index (χ2v) is 2.62. The highest BCUT2D eigenvalue weighted by Crippen LogP contribution is 2.17. The first-order valence-corrected chi connectivity index (χ1v) is 3.88. The van der Waals surface area contributed by atoms with Gasteiger partial charge in [-0.3, -0.25) is 9.67 Å². The van der Waals surface area contributed by atoms with Crippen molar-refractivity contribution in [1.29, 1.82) is 0 Å². The average Bonchev–Trinajstić information content (AvgIpc) is 2.49. The summed E-state index contributed by atoms with van der Waals surface area (Å²) < 4.78 is 1.87. The zero-order valence-corrected chi connectivity index (χ0v) is 6.86. The normalized spacial score (nSPS) is 10.8. The number of fused-ring (bicyclic) bond motifs is 1. The number of anilines is 1. The highest BCUT2D eigenvalue weighted by Gasteiger charge is 2.02. The average molecular weight is 162 g/mol. The Kier molecular flexibility index (Phi) is 1.46. The smallest absolute Gasteiger partial charge is 0.0886 e. The van der Waals surface area contributed by atoms with Crippen LogP contribution in [0.15, 0.2) is 18.6 Å². The van der Waals surface area contributed by atoms with Crippen molar-refractivity contribution in [2.45, 2.75) is 13.5 Å². The minimum absolute atomic E-state index is 0.687. The molecule has 62 valence electrons. The van der Waals surface area contributed by atoms with Crippen molar-refractivity contribution < 1.29 is 0 Å². The van der Waals surface area contributed by atoms with Crippen molar-refractivity contribution in [3.05, 3.63) is 18.6 Å². The monoisotopic (exact) mass is 162 g/mol. The lowest BCUT2D eigenvalue weighted by Gasteiger charge is -1.97. The summed E-state index contributed by atoms with van der Waals surface area (Å²) in [6, 6.07) is 0. The quantitative estimate of drug-likeness (QED) is 0.681. The highest BCUT2D eigenvalue weighted by atomic mass is 15.3. The maximum atomic E-state index is 5.71. The number of nitrogen functional groups attached to an aromatic ring is 1. The molecule has 0 bridgehead atoms. The van der Waals surface area contributed by atoms with Gasteiger partial charge in [-0.2, -0.15) is 5.10 Å². The molecule has 0 radical (unpaired) electrons. The number of aromatic nitrogens is 3. The number of hydrogen-bond acceptors (Lipinski definition) is 3. The molecule has 0 atom stereocenters. The first-order chi connectivity index (χ1) is 5.83. The number of aryl methyl sites for hydroxylation is 1. The van der Waals surface area contributed by atoms with E-state index < -0.39 is 0 Å². The van der Waals surface area contributed by atoms with E-state index in [1.54, 1.807) is 18.6 Å². The van der Waals surface area contributed by atoms with Crippen molar-refractivity contribution in [3.63, 3.8) is 0 Å². The fourth-order valence-corrected chi connectivity index (χ4v) is 1.26. The number of nitrogens with zero attached hydrogens (tertiary/aromatic N) is 3. The Morgan fingerprint density at radius 1 is 1.42 bits per heavy atom. The standard InChI is InChI=1S/C8H10N4/c1-2-12-8-5-10-4-7(9)6(8)3-11-12/h3-5H,2,9H2,1H3. The van der Waals surface area contributed by atoms with Crippen LogP contribution in [0, 0.1) is 0 Å². The van der Waals surface area contributed by atoms with Gasteiger partial charge >= 0.3 is 0 Å². The third kappa shape index (κ3) is 0.845. The van der Waals surface area contributed by atoms with Crippen molar-refractivity contribution in [2.75, 3.05) is 5.73 Å². The Hall–Kier alpha value is -1.58. The molecule has 0 saturated carbocycles. The zero-order valence-electron chi connectivity index (χ0n) is 6.86. The summed E-state index contributed by atoms with van der Waals surface area (Å²) in [4.78, 5) is 4.01. The molecule has 2 aromatic rings. The van der Waals surface area contributed by atoms with Gasteiger partial charge in [0.2, 0.25) is 0 Å². The molecule has 0 saturated heterocycles. The highest BCUT2D eigenvalue weighted by molar-refractivity contribution is 5.88. The molecule has 0 aliphatic carbocycles. The van der Waals surface area contributed by atoms with Gasteiger partial charge in [-0.1, -0.05) is 0 Å². The van der Waals surface area contributed by atoms with Crippen molar-refractivity contribution >= 4 is 16.6 Å². The molecule has 2 N–H and O–H groups in total. The number of pyridine rings is 1. The van der Waals surface area contributed by atoms with Crippen LogP contribution in [0.2, 0.25) is 0 Å². The third-order valence-corrected chi connectivity index (χ3v) is 1.90. The summed E-state index contributed by atoms with van der Waals surface area (Å²) >= 11 is 0. The van der Waals surface area contributed by atoms with E-state index in [1.807, 2.05) is 11.6 Å². The summed E-state index contributed by atoms with van der Waals surface area (Å²) in [6.07, 6.45) is 5.20. The van der Waals surface area contributed by atoms with E-state index in [1.165, 1.54) is 0 Å². The zero-order chi connectivity index (χ0) is 8.55. The summed E-state index contributed by atoms with van der Waals surface area (Å²) in [5.74, 6) is 0. The molecule has 2 heterocycles. The molecule has 0 amide bonds. The third-order valence-electron chi connectivity index (χ3n) is 1.90. The van der Waals surface area contributed by atoms with Gasteiger partial charge in [-0.05, 0) is 6.92 Å². The predicted octanol–water partition coefficient (Wildman–Crippen LogP) is 1.03. The minimum atomic E-state index is 0.687. The Balaban J connectivity index is 2.80. The molecule has 0 unspecified atom stereocenters. The van der Waals surface area contributed by atoms with Crippen molar-refractivity contribution in [2.24, 2.45) is 0 Å². The lowest BCUT2D eigenvalue weighted by atomic mass is 10.3. The largest absolute Gasteiger partial charge is 0.397 e. The topological polar surface area (TPSA) is 56.7 Å². The lowest BCUT2D eigenvalue weighted by molar-refractivity contribution is 0.683. The molecule has 4 nitrogen and oxygen atoms in total. The van der Waals surface area contributed by atoms with Crippen LogP contribution in [-0.4, -0.2) is 14.8 Å². The van der Waals surface area contributed by atoms with Gasteiger partial charge in [-0.25, -0.2) is 0 Å². The molecule has 0 fully saturated rings. The summed E-state index contributed by atoms with van der Waals surface area (Å²) in [6.45, 7) is 2.88. The fraction of sp³-hybridized carbons (Fsp3) is 0.250. The molecule has 4 heteroatoms. The minimum Gasteiger partial charge on any atom is -0.397 e. The molecule has 0 aliphatic heterocycles. The number of hydrogen-bond donors (Lipinski definition) is 1. The van der Waals surface area contributed by atoms with Crippen LogP contribution in [0.25, 0.3) is 10.9 Å². The van der Waals surface area contributed by atoms with E-state index in [9.17, 15) is 0 Å². The van der Waals surface area contributed by atoms with Gasteiger partial charge in [0.1, 0.15) is 0 Å². The maximum absolute atomic E-state index is 5.71. The van der Waals surface area contributed by atoms with E-state index in [2.05, 4.69) is 10.1 Å². The Labute approximate surface area is 70.0 Å². The lowest BCUT2D eigenvalue weighted by Crippen LogP contribution is -1.96. The number of nitrogens with two attached hydrogens (primary N) is 1. The van der Waals surface area contributed by atoms with E-state index in [0.717, 1.165) is 17.4 Å². The molecule has 12 heavy (non-hydrogen) atoms. The molecule has 0 aromatic carbocycles. The second-order valence-electron chi connectivity index (χ2n) is 2.62. The van der Waals surface area contributed by atoms with E-state index >= 15 is 0 Å². The molecule has 2 rings (SSSR count). The summed E-state index contributed by atoms with van der Waals surface area (Å²) in [7, 11) is 0. The first kappa shape index (κ1) is 7.09. The van der Waals surface area contributed by atoms with Gasteiger partial charge in [0.05, 0.1) is 29.8 Å². The van der Waals surface area contributed by atoms with Crippen LogP contribution >= 0.6 is 0 Å². The van der Waals surface area contributed by atoms with E-state index in [-0.39, 0.29) is 0 Å². The predicted molar refractivity (Wildman–Crippen MR) is 47.6 cm³/mol.